The molecule has 0 saturated carbocycles. The van der Waals surface area contributed by atoms with Crippen molar-refractivity contribution in [3.63, 3.8) is 0 Å². The first kappa shape index (κ1) is 16.5. The first-order valence-electron chi connectivity index (χ1n) is 8.92. The van der Waals surface area contributed by atoms with E-state index in [0.29, 0.717) is 6.04 Å². The molecule has 1 aromatic carbocycles. The third-order valence-electron chi connectivity index (χ3n) is 5.43. The SMILES string of the molecule is Cc1ccccc1C(=O)N1CCN(C[C@H]2CCCCN2C)CC1. The zero-order chi connectivity index (χ0) is 16.2. The van der Waals surface area contributed by atoms with Gasteiger partial charge in [0.05, 0.1) is 0 Å². The van der Waals surface area contributed by atoms with E-state index in [1.165, 1.54) is 25.8 Å². The Morgan fingerprint density at radius 3 is 2.52 bits per heavy atom. The first-order valence-corrected chi connectivity index (χ1v) is 8.92. The molecular formula is C19H29N3O. The van der Waals surface area contributed by atoms with Crippen molar-refractivity contribution in [2.75, 3.05) is 46.3 Å². The Labute approximate surface area is 140 Å². The molecule has 0 radical (unpaired) electrons. The van der Waals surface area contributed by atoms with Crippen molar-refractivity contribution in [3.05, 3.63) is 35.4 Å². The lowest BCUT2D eigenvalue weighted by Gasteiger charge is -2.40. The second kappa shape index (κ2) is 7.45. The molecule has 0 bridgehead atoms. The fourth-order valence-electron chi connectivity index (χ4n) is 3.79. The van der Waals surface area contributed by atoms with Crippen LogP contribution in [0, 0.1) is 6.92 Å². The molecule has 2 aliphatic heterocycles. The normalized spacial score (nSPS) is 23.9. The average Bonchev–Trinajstić information content (AvgIpc) is 2.57. The highest BCUT2D eigenvalue weighted by Gasteiger charge is 2.26. The Morgan fingerprint density at radius 2 is 1.83 bits per heavy atom. The molecule has 4 heteroatoms. The second-order valence-electron chi connectivity index (χ2n) is 7.04. The lowest BCUT2D eigenvalue weighted by atomic mass is 10.0. The first-order chi connectivity index (χ1) is 11.1. The van der Waals surface area contributed by atoms with Crippen LogP contribution in [0.15, 0.2) is 24.3 Å². The maximum atomic E-state index is 12.7. The molecule has 126 valence electrons. The lowest BCUT2D eigenvalue weighted by Crippen LogP contribution is -2.53. The van der Waals surface area contributed by atoms with E-state index in [1.807, 2.05) is 36.1 Å². The summed E-state index contributed by atoms with van der Waals surface area (Å²) in [5.41, 5.74) is 1.93. The number of piperidine rings is 1. The van der Waals surface area contributed by atoms with Gasteiger partial charge in [0.15, 0.2) is 0 Å². The third kappa shape index (κ3) is 3.93. The van der Waals surface area contributed by atoms with Crippen molar-refractivity contribution < 1.29 is 4.79 Å². The molecule has 2 fully saturated rings. The molecule has 1 aromatic rings. The number of likely N-dealkylation sites (tertiary alicyclic amines) is 1. The predicted octanol–water partition coefficient (Wildman–Crippen LogP) is 2.24. The lowest BCUT2D eigenvalue weighted by molar-refractivity contribution is 0.0564. The topological polar surface area (TPSA) is 26.8 Å². The number of carbonyl (C=O) groups excluding carboxylic acids is 1. The maximum Gasteiger partial charge on any atom is 0.254 e. The summed E-state index contributed by atoms with van der Waals surface area (Å²) >= 11 is 0. The maximum absolute atomic E-state index is 12.7. The van der Waals surface area contributed by atoms with Gasteiger partial charge in [-0.1, -0.05) is 24.6 Å². The fourth-order valence-corrected chi connectivity index (χ4v) is 3.79. The van der Waals surface area contributed by atoms with E-state index in [4.69, 9.17) is 0 Å². The molecule has 0 aliphatic carbocycles. The number of piperazine rings is 1. The van der Waals surface area contributed by atoms with Crippen molar-refractivity contribution in [3.8, 4) is 0 Å². The van der Waals surface area contributed by atoms with Crippen LogP contribution in [-0.4, -0.2) is 73.0 Å². The zero-order valence-electron chi connectivity index (χ0n) is 14.5. The summed E-state index contributed by atoms with van der Waals surface area (Å²) in [6.45, 7) is 8.11. The molecule has 23 heavy (non-hydrogen) atoms. The number of amides is 1. The zero-order valence-corrected chi connectivity index (χ0v) is 14.5. The molecule has 1 atom stereocenters. The van der Waals surface area contributed by atoms with Crippen LogP contribution < -0.4 is 0 Å². The van der Waals surface area contributed by atoms with Crippen LogP contribution in [0.25, 0.3) is 0 Å². The summed E-state index contributed by atoms with van der Waals surface area (Å²) in [5.74, 6) is 0.192. The van der Waals surface area contributed by atoms with E-state index in [2.05, 4.69) is 16.8 Å². The highest BCUT2D eigenvalue weighted by molar-refractivity contribution is 5.95. The van der Waals surface area contributed by atoms with Crippen LogP contribution in [0.1, 0.15) is 35.2 Å². The van der Waals surface area contributed by atoms with E-state index < -0.39 is 0 Å². The molecule has 3 rings (SSSR count). The van der Waals surface area contributed by atoms with Crippen molar-refractivity contribution in [1.29, 1.82) is 0 Å². The number of nitrogens with zero attached hydrogens (tertiary/aromatic N) is 3. The Hall–Kier alpha value is -1.39. The molecule has 2 saturated heterocycles. The summed E-state index contributed by atoms with van der Waals surface area (Å²) in [6.07, 6.45) is 4.02. The number of likely N-dealkylation sites (N-methyl/N-ethyl adjacent to an activating group) is 1. The predicted molar refractivity (Wildman–Crippen MR) is 93.8 cm³/mol. The van der Waals surface area contributed by atoms with Crippen LogP contribution in [-0.2, 0) is 0 Å². The van der Waals surface area contributed by atoms with E-state index >= 15 is 0 Å². The van der Waals surface area contributed by atoms with Crippen LogP contribution in [0.4, 0.5) is 0 Å². The van der Waals surface area contributed by atoms with E-state index in [0.717, 1.165) is 43.9 Å². The minimum atomic E-state index is 0.192. The van der Waals surface area contributed by atoms with Crippen molar-refractivity contribution >= 4 is 5.91 Å². The van der Waals surface area contributed by atoms with Gasteiger partial charge in [-0.2, -0.15) is 0 Å². The van der Waals surface area contributed by atoms with Gasteiger partial charge < -0.3 is 9.80 Å². The molecule has 2 aliphatic rings. The molecule has 0 unspecified atom stereocenters. The summed E-state index contributed by atoms with van der Waals surface area (Å²) in [7, 11) is 2.25. The van der Waals surface area contributed by atoms with Crippen LogP contribution in [0.5, 0.6) is 0 Å². The Bertz CT molecular complexity index is 537. The van der Waals surface area contributed by atoms with Crippen molar-refractivity contribution in [2.24, 2.45) is 0 Å². The number of aryl methyl sites for hydroxylation is 1. The molecule has 1 amide bonds. The monoisotopic (exact) mass is 315 g/mol. The Balaban J connectivity index is 1.52. The highest BCUT2D eigenvalue weighted by atomic mass is 16.2. The van der Waals surface area contributed by atoms with Gasteiger partial charge in [-0.15, -0.1) is 0 Å². The van der Waals surface area contributed by atoms with Crippen LogP contribution >= 0.6 is 0 Å². The molecule has 0 N–H and O–H groups in total. The van der Waals surface area contributed by atoms with Gasteiger partial charge >= 0.3 is 0 Å². The summed E-state index contributed by atoms with van der Waals surface area (Å²) < 4.78 is 0. The van der Waals surface area contributed by atoms with Gasteiger partial charge in [0, 0.05) is 44.3 Å². The van der Waals surface area contributed by atoms with Gasteiger partial charge in [-0.05, 0) is 45.0 Å². The van der Waals surface area contributed by atoms with E-state index in [-0.39, 0.29) is 5.91 Å². The van der Waals surface area contributed by atoms with Crippen molar-refractivity contribution in [2.45, 2.75) is 32.2 Å². The summed E-state index contributed by atoms with van der Waals surface area (Å²) in [6, 6.07) is 8.60. The fraction of sp³-hybridized carbons (Fsp3) is 0.632. The number of benzene rings is 1. The van der Waals surface area contributed by atoms with Crippen LogP contribution in [0.2, 0.25) is 0 Å². The molecular weight excluding hydrogens is 286 g/mol. The minimum Gasteiger partial charge on any atom is -0.336 e. The molecule has 2 heterocycles. The number of carbonyl (C=O) groups is 1. The number of hydrogen-bond donors (Lipinski definition) is 0. The molecule has 4 nitrogen and oxygen atoms in total. The van der Waals surface area contributed by atoms with Gasteiger partial charge in [-0.3, -0.25) is 9.69 Å². The van der Waals surface area contributed by atoms with E-state index in [9.17, 15) is 4.79 Å². The third-order valence-corrected chi connectivity index (χ3v) is 5.43. The largest absolute Gasteiger partial charge is 0.336 e. The summed E-state index contributed by atoms with van der Waals surface area (Å²) in [4.78, 5) is 19.7. The smallest absolute Gasteiger partial charge is 0.254 e. The second-order valence-corrected chi connectivity index (χ2v) is 7.04. The number of hydrogen-bond acceptors (Lipinski definition) is 3. The molecule has 0 spiro atoms. The standard InChI is InChI=1S/C19H29N3O/c1-16-7-3-4-9-18(16)19(23)22-13-11-21(12-14-22)15-17-8-5-6-10-20(17)2/h3-4,7,9,17H,5-6,8,10-15H2,1-2H3/t17-/m1/s1. The number of rotatable bonds is 3. The van der Waals surface area contributed by atoms with E-state index in [1.54, 1.807) is 0 Å². The molecule has 0 aromatic heterocycles. The minimum absolute atomic E-state index is 0.192. The Kier molecular flexibility index (Phi) is 5.34. The van der Waals surface area contributed by atoms with Gasteiger partial charge in [0.1, 0.15) is 0 Å². The van der Waals surface area contributed by atoms with Crippen LogP contribution in [0.3, 0.4) is 0 Å². The summed E-state index contributed by atoms with van der Waals surface area (Å²) in [5, 5.41) is 0. The average molecular weight is 315 g/mol. The van der Waals surface area contributed by atoms with Crippen molar-refractivity contribution in [1.82, 2.24) is 14.7 Å². The highest BCUT2D eigenvalue weighted by Crippen LogP contribution is 2.18. The van der Waals surface area contributed by atoms with Gasteiger partial charge in [0.2, 0.25) is 0 Å². The van der Waals surface area contributed by atoms with Gasteiger partial charge in [0.25, 0.3) is 5.91 Å². The Morgan fingerprint density at radius 1 is 1.09 bits per heavy atom. The quantitative estimate of drug-likeness (QED) is 0.856. The van der Waals surface area contributed by atoms with Gasteiger partial charge in [-0.25, -0.2) is 0 Å².